The lowest BCUT2D eigenvalue weighted by molar-refractivity contribution is 0.0948. The summed E-state index contributed by atoms with van der Waals surface area (Å²) < 4.78 is 11.1. The molecule has 0 fully saturated rings. The van der Waals surface area contributed by atoms with Crippen LogP contribution in [0.1, 0.15) is 21.6 Å². The summed E-state index contributed by atoms with van der Waals surface area (Å²) in [5.41, 5.74) is 2.30. The van der Waals surface area contributed by atoms with Gasteiger partial charge in [-0.1, -0.05) is 0 Å². The molecule has 1 aliphatic heterocycles. The van der Waals surface area contributed by atoms with Crippen LogP contribution in [0.3, 0.4) is 0 Å². The highest BCUT2D eigenvalue weighted by Gasteiger charge is 2.18. The molecule has 1 aliphatic rings. The number of hydrogen-bond donors (Lipinski definition) is 1. The summed E-state index contributed by atoms with van der Waals surface area (Å²) in [5, 5.41) is 5.78. The SMILES string of the molecule is Cc1cc2c(cc1C(=O)NCc1csc(N(C)C)n1)OCCO2. The van der Waals surface area contributed by atoms with Gasteiger partial charge in [-0.25, -0.2) is 4.98 Å². The molecular formula is C16H19N3O3S. The molecule has 122 valence electrons. The van der Waals surface area contributed by atoms with E-state index in [2.05, 4.69) is 10.3 Å². The van der Waals surface area contributed by atoms with E-state index < -0.39 is 0 Å². The molecule has 0 saturated carbocycles. The Balaban J connectivity index is 1.70. The van der Waals surface area contributed by atoms with E-state index in [0.29, 0.717) is 36.8 Å². The fourth-order valence-electron chi connectivity index (χ4n) is 2.28. The summed E-state index contributed by atoms with van der Waals surface area (Å²) in [6.45, 7) is 3.33. The minimum Gasteiger partial charge on any atom is -0.486 e. The number of amides is 1. The largest absolute Gasteiger partial charge is 0.486 e. The fraction of sp³-hybridized carbons (Fsp3) is 0.375. The Kier molecular flexibility index (Phi) is 4.38. The Morgan fingerprint density at radius 3 is 2.65 bits per heavy atom. The lowest BCUT2D eigenvalue weighted by atomic mass is 10.1. The Bertz CT molecular complexity index is 727. The van der Waals surface area contributed by atoms with Gasteiger partial charge in [0, 0.05) is 25.0 Å². The summed E-state index contributed by atoms with van der Waals surface area (Å²) >= 11 is 1.55. The number of ether oxygens (including phenoxy) is 2. The quantitative estimate of drug-likeness (QED) is 0.929. The van der Waals surface area contributed by atoms with E-state index in [9.17, 15) is 4.79 Å². The Labute approximate surface area is 139 Å². The maximum absolute atomic E-state index is 12.4. The first kappa shape index (κ1) is 15.6. The minimum atomic E-state index is -0.140. The normalized spacial score (nSPS) is 12.8. The molecular weight excluding hydrogens is 314 g/mol. The van der Waals surface area contributed by atoms with Crippen LogP contribution in [0.2, 0.25) is 0 Å². The molecule has 1 aromatic carbocycles. The smallest absolute Gasteiger partial charge is 0.252 e. The Morgan fingerprint density at radius 2 is 2.00 bits per heavy atom. The molecule has 6 nitrogen and oxygen atoms in total. The molecule has 2 aromatic rings. The van der Waals surface area contributed by atoms with Crippen molar-refractivity contribution in [3.63, 3.8) is 0 Å². The van der Waals surface area contributed by atoms with Gasteiger partial charge in [0.15, 0.2) is 16.6 Å². The third-order valence-electron chi connectivity index (χ3n) is 3.49. The van der Waals surface area contributed by atoms with Crippen LogP contribution in [0.5, 0.6) is 11.5 Å². The molecule has 1 aromatic heterocycles. The number of aryl methyl sites for hydroxylation is 1. The minimum absolute atomic E-state index is 0.140. The van der Waals surface area contributed by atoms with Crippen LogP contribution in [-0.2, 0) is 6.54 Å². The van der Waals surface area contributed by atoms with E-state index in [0.717, 1.165) is 16.4 Å². The Hall–Kier alpha value is -2.28. The van der Waals surface area contributed by atoms with Crippen molar-refractivity contribution in [3.05, 3.63) is 34.3 Å². The number of carbonyl (C=O) groups excluding carboxylic acids is 1. The van der Waals surface area contributed by atoms with E-state index in [4.69, 9.17) is 9.47 Å². The van der Waals surface area contributed by atoms with Gasteiger partial charge in [-0.2, -0.15) is 0 Å². The van der Waals surface area contributed by atoms with Crippen molar-refractivity contribution < 1.29 is 14.3 Å². The molecule has 0 radical (unpaired) electrons. The second-order valence-corrected chi connectivity index (χ2v) is 6.35. The van der Waals surface area contributed by atoms with Gasteiger partial charge in [0.05, 0.1) is 12.2 Å². The van der Waals surface area contributed by atoms with Crippen molar-refractivity contribution >= 4 is 22.4 Å². The zero-order chi connectivity index (χ0) is 16.4. The average Bonchev–Trinajstić information content (AvgIpc) is 3.01. The number of fused-ring (bicyclic) bond motifs is 1. The summed E-state index contributed by atoms with van der Waals surface area (Å²) in [6, 6.07) is 3.59. The number of nitrogens with one attached hydrogen (secondary N) is 1. The molecule has 0 unspecified atom stereocenters. The van der Waals surface area contributed by atoms with Gasteiger partial charge in [-0.05, 0) is 24.6 Å². The number of thiazole rings is 1. The van der Waals surface area contributed by atoms with Crippen molar-refractivity contribution in [2.24, 2.45) is 0 Å². The molecule has 7 heteroatoms. The van der Waals surface area contributed by atoms with Crippen LogP contribution in [0.15, 0.2) is 17.5 Å². The molecule has 0 bridgehead atoms. The second-order valence-electron chi connectivity index (χ2n) is 5.51. The first-order valence-electron chi connectivity index (χ1n) is 7.35. The predicted molar refractivity (Wildman–Crippen MR) is 89.8 cm³/mol. The zero-order valence-electron chi connectivity index (χ0n) is 13.4. The molecule has 0 saturated heterocycles. The molecule has 2 heterocycles. The molecule has 0 atom stereocenters. The highest BCUT2D eigenvalue weighted by atomic mass is 32.1. The molecule has 1 N–H and O–H groups in total. The van der Waals surface area contributed by atoms with Gasteiger partial charge in [0.1, 0.15) is 13.2 Å². The number of rotatable bonds is 4. The lowest BCUT2D eigenvalue weighted by Crippen LogP contribution is -2.24. The molecule has 0 spiro atoms. The van der Waals surface area contributed by atoms with E-state index in [1.807, 2.05) is 37.4 Å². The summed E-state index contributed by atoms with van der Waals surface area (Å²) in [4.78, 5) is 18.8. The summed E-state index contributed by atoms with van der Waals surface area (Å²) in [7, 11) is 3.89. The number of carbonyl (C=O) groups is 1. The predicted octanol–water partition coefficient (Wildman–Crippen LogP) is 2.22. The summed E-state index contributed by atoms with van der Waals surface area (Å²) in [5.74, 6) is 1.18. The van der Waals surface area contributed by atoms with Gasteiger partial charge < -0.3 is 19.7 Å². The third-order valence-corrected chi connectivity index (χ3v) is 4.54. The van der Waals surface area contributed by atoms with Crippen molar-refractivity contribution in [1.29, 1.82) is 0 Å². The monoisotopic (exact) mass is 333 g/mol. The van der Waals surface area contributed by atoms with Crippen molar-refractivity contribution in [2.75, 3.05) is 32.2 Å². The van der Waals surface area contributed by atoms with E-state index in [1.165, 1.54) is 0 Å². The zero-order valence-corrected chi connectivity index (χ0v) is 14.2. The van der Waals surface area contributed by atoms with Crippen LogP contribution in [0.4, 0.5) is 5.13 Å². The number of hydrogen-bond acceptors (Lipinski definition) is 6. The van der Waals surface area contributed by atoms with Crippen molar-refractivity contribution in [2.45, 2.75) is 13.5 Å². The molecule has 3 rings (SSSR count). The lowest BCUT2D eigenvalue weighted by Gasteiger charge is -2.20. The third kappa shape index (κ3) is 3.39. The van der Waals surface area contributed by atoms with E-state index in [-0.39, 0.29) is 5.91 Å². The maximum atomic E-state index is 12.4. The van der Waals surface area contributed by atoms with Gasteiger partial charge in [-0.3, -0.25) is 4.79 Å². The molecule has 23 heavy (non-hydrogen) atoms. The first-order valence-corrected chi connectivity index (χ1v) is 8.22. The number of anilines is 1. The topological polar surface area (TPSA) is 63.7 Å². The standard InChI is InChI=1S/C16H19N3O3S/c1-10-6-13-14(22-5-4-21-13)7-12(10)15(20)17-8-11-9-23-16(18-11)19(2)3/h6-7,9H,4-5,8H2,1-3H3,(H,17,20). The molecule has 0 aliphatic carbocycles. The number of benzene rings is 1. The van der Waals surface area contributed by atoms with Crippen LogP contribution in [-0.4, -0.2) is 38.2 Å². The van der Waals surface area contributed by atoms with E-state index in [1.54, 1.807) is 17.4 Å². The Morgan fingerprint density at radius 1 is 1.30 bits per heavy atom. The van der Waals surface area contributed by atoms with E-state index >= 15 is 0 Å². The second kappa shape index (κ2) is 6.45. The number of aromatic nitrogens is 1. The van der Waals surface area contributed by atoms with Crippen LogP contribution < -0.4 is 19.7 Å². The molecule has 1 amide bonds. The van der Waals surface area contributed by atoms with Gasteiger partial charge in [0.25, 0.3) is 5.91 Å². The van der Waals surface area contributed by atoms with Crippen LogP contribution in [0.25, 0.3) is 0 Å². The van der Waals surface area contributed by atoms with Crippen LogP contribution in [0, 0.1) is 6.92 Å². The van der Waals surface area contributed by atoms with Crippen molar-refractivity contribution in [3.8, 4) is 11.5 Å². The van der Waals surface area contributed by atoms with Crippen LogP contribution >= 0.6 is 11.3 Å². The van der Waals surface area contributed by atoms with Crippen molar-refractivity contribution in [1.82, 2.24) is 10.3 Å². The summed E-state index contributed by atoms with van der Waals surface area (Å²) in [6.07, 6.45) is 0. The van der Waals surface area contributed by atoms with Gasteiger partial charge >= 0.3 is 0 Å². The highest BCUT2D eigenvalue weighted by molar-refractivity contribution is 7.13. The highest BCUT2D eigenvalue weighted by Crippen LogP contribution is 2.33. The fourth-order valence-corrected chi connectivity index (χ4v) is 3.04. The first-order chi connectivity index (χ1) is 11.0. The van der Waals surface area contributed by atoms with Gasteiger partial charge in [-0.15, -0.1) is 11.3 Å². The van der Waals surface area contributed by atoms with Gasteiger partial charge in [0.2, 0.25) is 0 Å². The average molecular weight is 333 g/mol. The number of nitrogens with zero attached hydrogens (tertiary/aromatic N) is 2. The maximum Gasteiger partial charge on any atom is 0.252 e.